The summed E-state index contributed by atoms with van der Waals surface area (Å²) in [6, 6.07) is 10.3. The molecule has 1 aliphatic carbocycles. The summed E-state index contributed by atoms with van der Waals surface area (Å²) in [5, 5.41) is 3.06. The van der Waals surface area contributed by atoms with E-state index in [1.807, 2.05) is 23.1 Å². The van der Waals surface area contributed by atoms with Crippen LogP contribution in [0, 0.1) is 11.8 Å². The number of nitrogens with zero attached hydrogens (tertiary/aromatic N) is 1. The third-order valence-corrected chi connectivity index (χ3v) is 5.10. The largest absolute Gasteiger partial charge is 0.356 e. The van der Waals surface area contributed by atoms with Gasteiger partial charge >= 0.3 is 0 Å². The molecule has 3 rings (SSSR count). The monoisotopic (exact) mass is 314 g/mol. The molecular weight excluding hydrogens is 288 g/mol. The highest BCUT2D eigenvalue weighted by molar-refractivity contribution is 5.80. The van der Waals surface area contributed by atoms with Gasteiger partial charge in [0.1, 0.15) is 0 Å². The number of carbonyl (C=O) groups is 2. The fourth-order valence-electron chi connectivity index (χ4n) is 3.69. The molecule has 0 spiro atoms. The standard InChI is InChI=1S/C19H26N2O2/c22-18-12-16(13-20-19(23)17-8-4-5-9-17)14-21(18)11-10-15-6-2-1-3-7-15/h1-3,6-7,16-17H,4-5,8-14H2,(H,20,23). The predicted octanol–water partition coefficient (Wildman–Crippen LogP) is 2.38. The molecule has 1 saturated carbocycles. The summed E-state index contributed by atoms with van der Waals surface area (Å²) in [7, 11) is 0. The van der Waals surface area contributed by atoms with E-state index in [0.29, 0.717) is 13.0 Å². The van der Waals surface area contributed by atoms with Gasteiger partial charge < -0.3 is 10.2 Å². The van der Waals surface area contributed by atoms with Gasteiger partial charge in [-0.25, -0.2) is 0 Å². The van der Waals surface area contributed by atoms with Crippen molar-refractivity contribution in [2.75, 3.05) is 19.6 Å². The van der Waals surface area contributed by atoms with E-state index in [4.69, 9.17) is 0 Å². The number of likely N-dealkylation sites (tertiary alicyclic amines) is 1. The van der Waals surface area contributed by atoms with Crippen molar-refractivity contribution in [3.63, 3.8) is 0 Å². The number of amides is 2. The van der Waals surface area contributed by atoms with Gasteiger partial charge in [-0.2, -0.15) is 0 Å². The lowest BCUT2D eigenvalue weighted by Gasteiger charge is -2.17. The van der Waals surface area contributed by atoms with Crippen LogP contribution in [-0.2, 0) is 16.0 Å². The van der Waals surface area contributed by atoms with Crippen molar-refractivity contribution in [1.29, 1.82) is 0 Å². The van der Waals surface area contributed by atoms with Crippen molar-refractivity contribution >= 4 is 11.8 Å². The lowest BCUT2D eigenvalue weighted by Crippen LogP contribution is -2.34. The Hall–Kier alpha value is -1.84. The molecule has 0 aromatic heterocycles. The molecule has 1 saturated heterocycles. The Morgan fingerprint density at radius 2 is 1.91 bits per heavy atom. The van der Waals surface area contributed by atoms with Crippen LogP contribution in [0.15, 0.2) is 30.3 Å². The van der Waals surface area contributed by atoms with Crippen LogP contribution in [0.25, 0.3) is 0 Å². The molecule has 4 heteroatoms. The first kappa shape index (κ1) is 16.0. The van der Waals surface area contributed by atoms with Crippen molar-refractivity contribution in [2.45, 2.75) is 38.5 Å². The highest BCUT2D eigenvalue weighted by atomic mass is 16.2. The Balaban J connectivity index is 1.41. The van der Waals surface area contributed by atoms with Gasteiger partial charge in [0.15, 0.2) is 0 Å². The SMILES string of the molecule is O=C(NCC1CC(=O)N(CCc2ccccc2)C1)C1CCCC1. The topological polar surface area (TPSA) is 49.4 Å². The first-order valence-corrected chi connectivity index (χ1v) is 8.82. The van der Waals surface area contributed by atoms with Crippen LogP contribution < -0.4 is 5.32 Å². The van der Waals surface area contributed by atoms with E-state index in [-0.39, 0.29) is 23.7 Å². The first-order valence-electron chi connectivity index (χ1n) is 8.82. The average Bonchev–Trinajstić information content (AvgIpc) is 3.22. The normalized spacial score (nSPS) is 21.8. The Morgan fingerprint density at radius 3 is 2.65 bits per heavy atom. The molecule has 1 heterocycles. The molecule has 124 valence electrons. The van der Waals surface area contributed by atoms with Gasteiger partial charge in [0.25, 0.3) is 0 Å². The van der Waals surface area contributed by atoms with E-state index in [2.05, 4.69) is 17.4 Å². The molecule has 4 nitrogen and oxygen atoms in total. The maximum absolute atomic E-state index is 12.1. The second kappa shape index (κ2) is 7.62. The van der Waals surface area contributed by atoms with Gasteiger partial charge in [0, 0.05) is 37.9 Å². The molecule has 23 heavy (non-hydrogen) atoms. The number of benzene rings is 1. The van der Waals surface area contributed by atoms with E-state index in [1.165, 1.54) is 18.4 Å². The molecule has 2 fully saturated rings. The van der Waals surface area contributed by atoms with E-state index >= 15 is 0 Å². The van der Waals surface area contributed by atoms with E-state index < -0.39 is 0 Å². The van der Waals surface area contributed by atoms with Crippen LogP contribution >= 0.6 is 0 Å². The molecule has 0 radical (unpaired) electrons. The molecule has 0 bridgehead atoms. The number of hydrogen-bond acceptors (Lipinski definition) is 2. The highest BCUT2D eigenvalue weighted by Crippen LogP contribution is 2.25. The summed E-state index contributed by atoms with van der Waals surface area (Å²) in [6.07, 6.45) is 5.87. The summed E-state index contributed by atoms with van der Waals surface area (Å²) in [6.45, 7) is 2.19. The van der Waals surface area contributed by atoms with Gasteiger partial charge in [0.2, 0.25) is 11.8 Å². The third-order valence-electron chi connectivity index (χ3n) is 5.10. The van der Waals surface area contributed by atoms with Crippen molar-refractivity contribution in [1.82, 2.24) is 10.2 Å². The summed E-state index contributed by atoms with van der Waals surface area (Å²) in [4.78, 5) is 26.1. The van der Waals surface area contributed by atoms with Gasteiger partial charge in [-0.3, -0.25) is 9.59 Å². The number of rotatable bonds is 6. The third kappa shape index (κ3) is 4.34. The van der Waals surface area contributed by atoms with Gasteiger partial charge in [0.05, 0.1) is 0 Å². The minimum Gasteiger partial charge on any atom is -0.356 e. The molecule has 1 aromatic carbocycles. The Labute approximate surface area is 138 Å². The summed E-state index contributed by atoms with van der Waals surface area (Å²) in [5.74, 6) is 0.892. The van der Waals surface area contributed by atoms with E-state index in [0.717, 1.165) is 32.4 Å². The van der Waals surface area contributed by atoms with Crippen LogP contribution in [0.1, 0.15) is 37.7 Å². The maximum Gasteiger partial charge on any atom is 0.223 e. The number of nitrogens with one attached hydrogen (secondary N) is 1. The fourth-order valence-corrected chi connectivity index (χ4v) is 3.69. The zero-order chi connectivity index (χ0) is 16.1. The zero-order valence-electron chi connectivity index (χ0n) is 13.7. The molecule has 1 aliphatic heterocycles. The molecular formula is C19H26N2O2. The van der Waals surface area contributed by atoms with Crippen molar-refractivity contribution in [3.05, 3.63) is 35.9 Å². The van der Waals surface area contributed by atoms with Crippen molar-refractivity contribution in [2.24, 2.45) is 11.8 Å². The zero-order valence-corrected chi connectivity index (χ0v) is 13.7. The van der Waals surface area contributed by atoms with Gasteiger partial charge in [-0.05, 0) is 24.8 Å². The molecule has 1 unspecified atom stereocenters. The smallest absolute Gasteiger partial charge is 0.223 e. The highest BCUT2D eigenvalue weighted by Gasteiger charge is 2.30. The second-order valence-corrected chi connectivity index (χ2v) is 6.87. The van der Waals surface area contributed by atoms with Gasteiger partial charge in [-0.1, -0.05) is 43.2 Å². The Morgan fingerprint density at radius 1 is 1.17 bits per heavy atom. The van der Waals surface area contributed by atoms with Crippen molar-refractivity contribution in [3.8, 4) is 0 Å². The predicted molar refractivity (Wildman–Crippen MR) is 89.8 cm³/mol. The lowest BCUT2D eigenvalue weighted by molar-refractivity contribution is -0.128. The molecule has 1 atom stereocenters. The first-order chi connectivity index (χ1) is 11.2. The number of hydrogen-bond donors (Lipinski definition) is 1. The average molecular weight is 314 g/mol. The molecule has 1 aromatic rings. The fraction of sp³-hybridized carbons (Fsp3) is 0.579. The van der Waals surface area contributed by atoms with Crippen LogP contribution in [0.4, 0.5) is 0 Å². The minimum absolute atomic E-state index is 0.192. The number of carbonyl (C=O) groups excluding carboxylic acids is 2. The lowest BCUT2D eigenvalue weighted by atomic mass is 10.1. The Bertz CT molecular complexity index is 538. The molecule has 2 aliphatic rings. The second-order valence-electron chi connectivity index (χ2n) is 6.87. The summed E-state index contributed by atoms with van der Waals surface area (Å²) < 4.78 is 0. The van der Waals surface area contributed by atoms with Crippen LogP contribution in [0.2, 0.25) is 0 Å². The van der Waals surface area contributed by atoms with E-state index in [9.17, 15) is 9.59 Å². The van der Waals surface area contributed by atoms with Crippen LogP contribution in [0.5, 0.6) is 0 Å². The minimum atomic E-state index is 0.192. The summed E-state index contributed by atoms with van der Waals surface area (Å²) in [5.41, 5.74) is 1.26. The van der Waals surface area contributed by atoms with Gasteiger partial charge in [-0.15, -0.1) is 0 Å². The van der Waals surface area contributed by atoms with Crippen molar-refractivity contribution < 1.29 is 9.59 Å². The molecule has 2 amide bonds. The van der Waals surface area contributed by atoms with Crippen LogP contribution in [-0.4, -0.2) is 36.3 Å². The quantitative estimate of drug-likeness (QED) is 0.876. The maximum atomic E-state index is 12.1. The van der Waals surface area contributed by atoms with Crippen LogP contribution in [0.3, 0.4) is 0 Å². The summed E-state index contributed by atoms with van der Waals surface area (Å²) >= 11 is 0. The molecule has 1 N–H and O–H groups in total. The van der Waals surface area contributed by atoms with E-state index in [1.54, 1.807) is 0 Å². The Kier molecular flexibility index (Phi) is 5.31.